The maximum atomic E-state index is 11.7. The zero-order chi connectivity index (χ0) is 17.9. The second kappa shape index (κ2) is 7.16. The Hall–Kier alpha value is -2.83. The fourth-order valence-corrected chi connectivity index (χ4v) is 2.34. The second-order valence-electron chi connectivity index (χ2n) is 5.41. The minimum absolute atomic E-state index is 0.359. The van der Waals surface area contributed by atoms with Crippen LogP contribution in [0.5, 0.6) is 5.75 Å². The number of carboxylic acid groups (broad SMARTS) is 1. The highest BCUT2D eigenvalue weighted by Gasteiger charge is 2.13. The van der Waals surface area contributed by atoms with Gasteiger partial charge < -0.3 is 24.4 Å². The van der Waals surface area contributed by atoms with E-state index in [2.05, 4.69) is 5.32 Å². The predicted octanol–water partition coefficient (Wildman–Crippen LogP) is 0.297. The summed E-state index contributed by atoms with van der Waals surface area (Å²) in [6.45, 7) is 4.61. The van der Waals surface area contributed by atoms with Crippen molar-refractivity contribution < 1.29 is 23.8 Å². The van der Waals surface area contributed by atoms with Gasteiger partial charge in [-0.1, -0.05) is 6.92 Å². The van der Waals surface area contributed by atoms with Crippen LogP contribution in [0.3, 0.4) is 0 Å². The summed E-state index contributed by atoms with van der Waals surface area (Å²) in [5.74, 6) is -1.58. The van der Waals surface area contributed by atoms with E-state index < -0.39 is 23.5 Å². The molecule has 0 fully saturated rings. The first-order valence-electron chi connectivity index (χ1n) is 7.52. The highest BCUT2D eigenvalue weighted by molar-refractivity contribution is 5.86. The van der Waals surface area contributed by atoms with Gasteiger partial charge in [-0.3, -0.25) is 4.79 Å². The largest absolute Gasteiger partial charge is 0.548 e. The molecule has 1 N–H and O–H groups in total. The molecule has 0 saturated carbocycles. The molecule has 0 radical (unpaired) electrons. The van der Waals surface area contributed by atoms with E-state index in [0.717, 1.165) is 10.9 Å². The Balaban J connectivity index is 2.22. The summed E-state index contributed by atoms with van der Waals surface area (Å²) in [7, 11) is 0. The molecule has 1 aromatic carbocycles. The van der Waals surface area contributed by atoms with Crippen LogP contribution in [0, 0.1) is 6.92 Å². The Morgan fingerprint density at radius 3 is 2.71 bits per heavy atom. The molecule has 1 atom stereocenters. The van der Waals surface area contributed by atoms with Crippen molar-refractivity contribution in [2.75, 3.05) is 6.61 Å². The minimum atomic E-state index is -1.38. The minimum Gasteiger partial charge on any atom is -0.548 e. The standard InChI is InChI=1S/C17H19NO6/c1-4-11-7-15(20)24-16-9(2)13(6-5-12(11)16)23-8-14(19)18-10(3)17(21)22/h5-7,10H,4,8H2,1-3H3,(H,18,19)(H,21,22)/p-1/t10-/m0/s1. The zero-order valence-corrected chi connectivity index (χ0v) is 13.7. The molecule has 0 aliphatic heterocycles. The number of nitrogens with one attached hydrogen (secondary N) is 1. The molecule has 1 aromatic heterocycles. The van der Waals surface area contributed by atoms with Crippen molar-refractivity contribution in [1.82, 2.24) is 5.32 Å². The lowest BCUT2D eigenvalue weighted by molar-refractivity contribution is -0.307. The second-order valence-corrected chi connectivity index (χ2v) is 5.41. The van der Waals surface area contributed by atoms with E-state index in [4.69, 9.17) is 9.15 Å². The van der Waals surface area contributed by atoms with Crippen molar-refractivity contribution in [1.29, 1.82) is 0 Å². The van der Waals surface area contributed by atoms with Gasteiger partial charge >= 0.3 is 5.63 Å². The number of carboxylic acids is 1. The Morgan fingerprint density at radius 2 is 2.08 bits per heavy atom. The van der Waals surface area contributed by atoms with Gasteiger partial charge in [0, 0.05) is 17.0 Å². The Kier molecular flexibility index (Phi) is 5.23. The number of aryl methyl sites for hydroxylation is 2. The molecule has 128 valence electrons. The number of aliphatic carboxylic acids is 1. The number of fused-ring (bicyclic) bond motifs is 1. The first-order valence-corrected chi connectivity index (χ1v) is 7.52. The van der Waals surface area contributed by atoms with Crippen molar-refractivity contribution in [3.63, 3.8) is 0 Å². The molecule has 0 aliphatic carbocycles. The number of ether oxygens (including phenoxy) is 1. The molecular formula is C17H18NO6-. The van der Waals surface area contributed by atoms with Gasteiger partial charge in [-0.2, -0.15) is 0 Å². The Bertz CT molecular complexity index is 839. The van der Waals surface area contributed by atoms with Gasteiger partial charge in [-0.25, -0.2) is 4.79 Å². The Morgan fingerprint density at radius 1 is 1.38 bits per heavy atom. The highest BCUT2D eigenvalue weighted by atomic mass is 16.5. The molecule has 2 rings (SSSR count). The van der Waals surface area contributed by atoms with Crippen molar-refractivity contribution in [3.05, 3.63) is 39.7 Å². The molecule has 0 unspecified atom stereocenters. The third-order valence-corrected chi connectivity index (χ3v) is 3.67. The SMILES string of the molecule is CCc1cc(=O)oc2c(C)c(OCC(=O)N[C@@H](C)C(=O)[O-])ccc12. The summed E-state index contributed by atoms with van der Waals surface area (Å²) in [5.41, 5.74) is 1.44. The van der Waals surface area contributed by atoms with Gasteiger partial charge in [0.15, 0.2) is 6.61 Å². The molecule has 24 heavy (non-hydrogen) atoms. The van der Waals surface area contributed by atoms with Crippen LogP contribution in [-0.2, 0) is 16.0 Å². The molecule has 1 amide bonds. The zero-order valence-electron chi connectivity index (χ0n) is 13.7. The van der Waals surface area contributed by atoms with Crippen molar-refractivity contribution >= 4 is 22.8 Å². The number of carbonyl (C=O) groups is 2. The van der Waals surface area contributed by atoms with Crippen LogP contribution in [0.15, 0.2) is 27.4 Å². The molecular weight excluding hydrogens is 314 g/mol. The topological polar surface area (TPSA) is 109 Å². The van der Waals surface area contributed by atoms with Crippen molar-refractivity contribution in [2.45, 2.75) is 33.2 Å². The van der Waals surface area contributed by atoms with E-state index in [1.54, 1.807) is 19.1 Å². The number of amides is 1. The van der Waals surface area contributed by atoms with Gasteiger partial charge in [-0.05, 0) is 38.0 Å². The number of hydrogen-bond acceptors (Lipinski definition) is 6. The smallest absolute Gasteiger partial charge is 0.336 e. The molecule has 2 aromatic rings. The van der Waals surface area contributed by atoms with Crippen LogP contribution >= 0.6 is 0 Å². The first kappa shape index (κ1) is 17.5. The predicted molar refractivity (Wildman–Crippen MR) is 84.7 cm³/mol. The molecule has 0 saturated heterocycles. The van der Waals surface area contributed by atoms with Crippen molar-refractivity contribution in [2.24, 2.45) is 0 Å². The molecule has 1 heterocycles. The summed E-state index contributed by atoms with van der Waals surface area (Å²) in [6.07, 6.45) is 0.686. The number of benzene rings is 1. The van der Waals surface area contributed by atoms with Crippen LogP contribution in [-0.4, -0.2) is 24.5 Å². The molecule has 0 spiro atoms. The Labute approximate surface area is 138 Å². The normalized spacial score (nSPS) is 12.0. The van der Waals surface area contributed by atoms with Gasteiger partial charge in [0.25, 0.3) is 5.91 Å². The maximum absolute atomic E-state index is 11.7. The molecule has 0 bridgehead atoms. The van der Waals surface area contributed by atoms with Crippen LogP contribution in [0.25, 0.3) is 11.0 Å². The van der Waals surface area contributed by atoms with E-state index in [9.17, 15) is 19.5 Å². The first-order chi connectivity index (χ1) is 11.3. The van der Waals surface area contributed by atoms with E-state index in [1.807, 2.05) is 6.92 Å². The third-order valence-electron chi connectivity index (χ3n) is 3.67. The average Bonchev–Trinajstić information content (AvgIpc) is 2.53. The van der Waals surface area contributed by atoms with E-state index >= 15 is 0 Å². The summed E-state index contributed by atoms with van der Waals surface area (Å²) in [4.78, 5) is 33.9. The van der Waals surface area contributed by atoms with Crippen LogP contribution in [0.2, 0.25) is 0 Å². The van der Waals surface area contributed by atoms with E-state index in [0.29, 0.717) is 23.3 Å². The highest BCUT2D eigenvalue weighted by Crippen LogP contribution is 2.28. The summed E-state index contributed by atoms with van der Waals surface area (Å²) >= 11 is 0. The lowest BCUT2D eigenvalue weighted by atomic mass is 10.0. The van der Waals surface area contributed by atoms with Crippen LogP contribution in [0.1, 0.15) is 25.0 Å². The lowest BCUT2D eigenvalue weighted by Gasteiger charge is -2.15. The third kappa shape index (κ3) is 3.73. The van der Waals surface area contributed by atoms with Gasteiger partial charge in [0.1, 0.15) is 11.3 Å². The summed E-state index contributed by atoms with van der Waals surface area (Å²) in [5, 5.41) is 13.6. The number of hydrogen-bond donors (Lipinski definition) is 1. The van der Waals surface area contributed by atoms with Gasteiger partial charge in [0.05, 0.1) is 12.0 Å². The number of carbonyl (C=O) groups excluding carboxylic acids is 2. The van der Waals surface area contributed by atoms with E-state index in [-0.39, 0.29) is 6.61 Å². The lowest BCUT2D eigenvalue weighted by Crippen LogP contribution is -2.47. The number of rotatable bonds is 6. The summed E-state index contributed by atoms with van der Waals surface area (Å²) < 4.78 is 10.7. The summed E-state index contributed by atoms with van der Waals surface area (Å²) in [6, 6.07) is 3.80. The van der Waals surface area contributed by atoms with Gasteiger partial charge in [-0.15, -0.1) is 0 Å². The quantitative estimate of drug-likeness (QED) is 0.762. The van der Waals surface area contributed by atoms with Gasteiger partial charge in [0.2, 0.25) is 0 Å². The molecule has 7 heteroatoms. The maximum Gasteiger partial charge on any atom is 0.336 e. The molecule has 0 aliphatic rings. The fourth-order valence-electron chi connectivity index (χ4n) is 2.34. The van der Waals surface area contributed by atoms with E-state index in [1.165, 1.54) is 13.0 Å². The average molecular weight is 332 g/mol. The van der Waals surface area contributed by atoms with Crippen LogP contribution in [0.4, 0.5) is 0 Å². The van der Waals surface area contributed by atoms with Crippen LogP contribution < -0.4 is 20.8 Å². The van der Waals surface area contributed by atoms with Crippen molar-refractivity contribution in [3.8, 4) is 5.75 Å². The molecule has 7 nitrogen and oxygen atoms in total. The monoisotopic (exact) mass is 332 g/mol. The fraction of sp³-hybridized carbons (Fsp3) is 0.353.